The number of likely N-dealkylation sites (tertiary alicyclic amines) is 1. The second-order valence-corrected chi connectivity index (χ2v) is 7.81. The molecule has 1 unspecified atom stereocenters. The minimum Gasteiger partial charge on any atom is -0.342 e. The standard InChI is InChI=1S/C18H32N2O/c1-2-6-18(9-5-12-19-15-18)16(21)20-13-10-17(11-14-20)7-3-4-8-17/h19H,2-15H2,1H3. The summed E-state index contributed by atoms with van der Waals surface area (Å²) in [5.74, 6) is 0.462. The Morgan fingerprint density at radius 2 is 1.76 bits per heavy atom. The Bertz CT molecular complexity index is 352. The fraction of sp³-hybridized carbons (Fsp3) is 0.944. The highest BCUT2D eigenvalue weighted by molar-refractivity contribution is 5.83. The lowest BCUT2D eigenvalue weighted by Crippen LogP contribution is -2.54. The van der Waals surface area contributed by atoms with Gasteiger partial charge in [-0.1, -0.05) is 26.2 Å². The van der Waals surface area contributed by atoms with Gasteiger partial charge in [0.1, 0.15) is 0 Å². The molecule has 2 aliphatic heterocycles. The molecular formula is C18H32N2O. The van der Waals surface area contributed by atoms with Gasteiger partial charge in [-0.3, -0.25) is 4.79 Å². The highest BCUT2D eigenvalue weighted by Gasteiger charge is 2.44. The van der Waals surface area contributed by atoms with Crippen molar-refractivity contribution < 1.29 is 4.79 Å². The number of rotatable bonds is 3. The molecule has 1 aliphatic carbocycles. The van der Waals surface area contributed by atoms with Crippen LogP contribution in [0.4, 0.5) is 0 Å². The van der Waals surface area contributed by atoms with Crippen LogP contribution >= 0.6 is 0 Å². The van der Waals surface area contributed by atoms with Gasteiger partial charge in [0.2, 0.25) is 5.91 Å². The van der Waals surface area contributed by atoms with Gasteiger partial charge in [-0.05, 0) is 56.9 Å². The van der Waals surface area contributed by atoms with Crippen LogP contribution in [0.3, 0.4) is 0 Å². The number of nitrogens with zero attached hydrogens (tertiary/aromatic N) is 1. The fourth-order valence-electron chi connectivity index (χ4n) is 5.09. The summed E-state index contributed by atoms with van der Waals surface area (Å²) in [5.41, 5.74) is 0.521. The fourth-order valence-corrected chi connectivity index (χ4v) is 5.09. The number of hydrogen-bond donors (Lipinski definition) is 1. The molecule has 0 aromatic heterocycles. The molecule has 0 aromatic rings. The molecule has 3 aliphatic rings. The predicted molar refractivity (Wildman–Crippen MR) is 86.2 cm³/mol. The maximum Gasteiger partial charge on any atom is 0.230 e. The Hall–Kier alpha value is -0.570. The Morgan fingerprint density at radius 1 is 1.05 bits per heavy atom. The van der Waals surface area contributed by atoms with Gasteiger partial charge in [0.15, 0.2) is 0 Å². The smallest absolute Gasteiger partial charge is 0.230 e. The van der Waals surface area contributed by atoms with Crippen LogP contribution in [0.2, 0.25) is 0 Å². The van der Waals surface area contributed by atoms with E-state index in [-0.39, 0.29) is 5.41 Å². The molecule has 3 rings (SSSR count). The Balaban J connectivity index is 1.64. The second-order valence-electron chi connectivity index (χ2n) is 7.81. The maximum atomic E-state index is 13.2. The van der Waals surface area contributed by atoms with E-state index in [0.717, 1.165) is 51.9 Å². The summed E-state index contributed by atoms with van der Waals surface area (Å²) in [6, 6.07) is 0. The monoisotopic (exact) mass is 292 g/mol. The van der Waals surface area contributed by atoms with E-state index in [1.165, 1.54) is 38.5 Å². The van der Waals surface area contributed by atoms with Crippen molar-refractivity contribution in [3.05, 3.63) is 0 Å². The lowest BCUT2D eigenvalue weighted by molar-refractivity contribution is -0.146. The van der Waals surface area contributed by atoms with Crippen LogP contribution in [0.25, 0.3) is 0 Å². The van der Waals surface area contributed by atoms with Crippen LogP contribution in [-0.2, 0) is 4.79 Å². The molecular weight excluding hydrogens is 260 g/mol. The predicted octanol–water partition coefficient (Wildman–Crippen LogP) is 3.34. The topological polar surface area (TPSA) is 32.3 Å². The van der Waals surface area contributed by atoms with Crippen LogP contribution < -0.4 is 5.32 Å². The SMILES string of the molecule is CCCC1(C(=O)N2CCC3(CCCC3)CC2)CCCNC1. The third-order valence-corrected chi connectivity index (χ3v) is 6.43. The molecule has 120 valence electrons. The van der Waals surface area contributed by atoms with E-state index in [1.807, 2.05) is 0 Å². The van der Waals surface area contributed by atoms with Crippen LogP contribution in [0.5, 0.6) is 0 Å². The molecule has 1 atom stereocenters. The van der Waals surface area contributed by atoms with Crippen LogP contribution in [-0.4, -0.2) is 37.0 Å². The van der Waals surface area contributed by atoms with E-state index >= 15 is 0 Å². The quantitative estimate of drug-likeness (QED) is 0.865. The normalized spacial score (nSPS) is 32.5. The van der Waals surface area contributed by atoms with Gasteiger partial charge >= 0.3 is 0 Å². The summed E-state index contributed by atoms with van der Waals surface area (Å²) in [7, 11) is 0. The molecule has 1 N–H and O–H groups in total. The molecule has 3 heteroatoms. The highest BCUT2D eigenvalue weighted by Crippen LogP contribution is 2.47. The molecule has 1 spiro atoms. The van der Waals surface area contributed by atoms with Crippen molar-refractivity contribution >= 4 is 5.91 Å². The van der Waals surface area contributed by atoms with Gasteiger partial charge in [0.05, 0.1) is 5.41 Å². The third-order valence-electron chi connectivity index (χ3n) is 6.43. The Labute approximate surface area is 129 Å². The third kappa shape index (κ3) is 2.99. The zero-order valence-electron chi connectivity index (χ0n) is 13.8. The van der Waals surface area contributed by atoms with Crippen molar-refractivity contribution in [2.45, 2.75) is 71.1 Å². The molecule has 1 saturated carbocycles. The van der Waals surface area contributed by atoms with Crippen molar-refractivity contribution in [3.8, 4) is 0 Å². The summed E-state index contributed by atoms with van der Waals surface area (Å²) in [5, 5.41) is 3.48. The van der Waals surface area contributed by atoms with Gasteiger partial charge in [0.25, 0.3) is 0 Å². The molecule has 0 aromatic carbocycles. The van der Waals surface area contributed by atoms with E-state index in [1.54, 1.807) is 0 Å². The van der Waals surface area contributed by atoms with Crippen LogP contribution in [0.15, 0.2) is 0 Å². The molecule has 21 heavy (non-hydrogen) atoms. The number of piperidine rings is 2. The molecule has 3 fully saturated rings. The minimum absolute atomic E-state index is 0.0901. The molecule has 1 amide bonds. The Kier molecular flexibility index (Phi) is 4.58. The summed E-state index contributed by atoms with van der Waals surface area (Å²) >= 11 is 0. The molecule has 3 nitrogen and oxygen atoms in total. The lowest BCUT2D eigenvalue weighted by atomic mass is 9.73. The van der Waals surface area contributed by atoms with Crippen LogP contribution in [0, 0.1) is 10.8 Å². The van der Waals surface area contributed by atoms with Crippen LogP contribution in [0.1, 0.15) is 71.1 Å². The van der Waals surface area contributed by atoms with E-state index < -0.39 is 0 Å². The number of carbonyl (C=O) groups is 1. The van der Waals surface area contributed by atoms with E-state index in [0.29, 0.717) is 11.3 Å². The van der Waals surface area contributed by atoms with E-state index in [2.05, 4.69) is 17.1 Å². The lowest BCUT2D eigenvalue weighted by Gasteiger charge is -2.45. The molecule has 0 bridgehead atoms. The zero-order valence-corrected chi connectivity index (χ0v) is 13.8. The van der Waals surface area contributed by atoms with Crippen molar-refractivity contribution in [1.29, 1.82) is 0 Å². The van der Waals surface area contributed by atoms with Crippen molar-refractivity contribution in [2.75, 3.05) is 26.2 Å². The van der Waals surface area contributed by atoms with E-state index in [9.17, 15) is 4.79 Å². The largest absolute Gasteiger partial charge is 0.342 e. The Morgan fingerprint density at radius 3 is 2.33 bits per heavy atom. The van der Waals surface area contributed by atoms with Gasteiger partial charge < -0.3 is 10.2 Å². The first-order valence-electron chi connectivity index (χ1n) is 9.20. The van der Waals surface area contributed by atoms with Crippen molar-refractivity contribution in [1.82, 2.24) is 10.2 Å². The molecule has 0 radical (unpaired) electrons. The van der Waals surface area contributed by atoms with Crippen molar-refractivity contribution in [2.24, 2.45) is 10.8 Å². The average molecular weight is 292 g/mol. The number of carbonyl (C=O) groups excluding carboxylic acids is 1. The maximum absolute atomic E-state index is 13.2. The summed E-state index contributed by atoms with van der Waals surface area (Å²) < 4.78 is 0. The first-order valence-corrected chi connectivity index (χ1v) is 9.20. The average Bonchev–Trinajstić information content (AvgIpc) is 2.97. The number of hydrogen-bond acceptors (Lipinski definition) is 2. The molecule has 2 heterocycles. The van der Waals surface area contributed by atoms with Crippen molar-refractivity contribution in [3.63, 3.8) is 0 Å². The van der Waals surface area contributed by atoms with Gasteiger partial charge in [-0.25, -0.2) is 0 Å². The highest BCUT2D eigenvalue weighted by atomic mass is 16.2. The van der Waals surface area contributed by atoms with Gasteiger partial charge in [0, 0.05) is 19.6 Å². The second kappa shape index (κ2) is 6.28. The van der Waals surface area contributed by atoms with Gasteiger partial charge in [-0.2, -0.15) is 0 Å². The summed E-state index contributed by atoms with van der Waals surface area (Å²) in [6.45, 7) is 6.24. The number of nitrogens with one attached hydrogen (secondary N) is 1. The van der Waals surface area contributed by atoms with E-state index in [4.69, 9.17) is 0 Å². The minimum atomic E-state index is -0.0901. The zero-order chi connectivity index (χ0) is 14.8. The number of amides is 1. The summed E-state index contributed by atoms with van der Waals surface area (Å²) in [4.78, 5) is 15.4. The molecule has 2 saturated heterocycles. The first-order chi connectivity index (χ1) is 10.2. The summed E-state index contributed by atoms with van der Waals surface area (Å²) in [6.07, 6.45) is 12.6. The van der Waals surface area contributed by atoms with Gasteiger partial charge in [-0.15, -0.1) is 0 Å². The first kappa shape index (κ1) is 15.3.